The number of aromatic amines is 1. The lowest BCUT2D eigenvalue weighted by Gasteiger charge is -2.14. The van der Waals surface area contributed by atoms with Crippen molar-refractivity contribution in [1.82, 2.24) is 14.9 Å². The van der Waals surface area contributed by atoms with E-state index in [0.29, 0.717) is 46.1 Å². The van der Waals surface area contributed by atoms with Crippen LogP contribution in [0.25, 0.3) is 0 Å². The average molecular weight is 425 g/mol. The Kier molecular flexibility index (Phi) is 6.60. The summed E-state index contributed by atoms with van der Waals surface area (Å²) in [5.41, 5.74) is 5.10. The number of H-pyrrole nitrogens is 1. The Balaban J connectivity index is 1.69. The van der Waals surface area contributed by atoms with Crippen molar-refractivity contribution < 1.29 is 9.47 Å². The van der Waals surface area contributed by atoms with Crippen molar-refractivity contribution in [2.75, 3.05) is 12.0 Å². The summed E-state index contributed by atoms with van der Waals surface area (Å²) in [6, 6.07) is 11.2. The van der Waals surface area contributed by atoms with Crippen LogP contribution in [-0.4, -0.2) is 21.5 Å². The first-order valence-electron chi connectivity index (χ1n) is 8.25. The Labute approximate surface area is 172 Å². The molecule has 0 bridgehead atoms. The van der Waals surface area contributed by atoms with Crippen LogP contribution >= 0.6 is 35.4 Å². The first-order chi connectivity index (χ1) is 13.1. The molecule has 0 aliphatic rings. The fourth-order valence-electron chi connectivity index (χ4n) is 2.38. The number of halogens is 2. The van der Waals surface area contributed by atoms with Crippen molar-refractivity contribution in [3.63, 3.8) is 0 Å². The molecular formula is C18H18Cl2N4O2S. The molecule has 0 fully saturated rings. The van der Waals surface area contributed by atoms with Gasteiger partial charge < -0.3 is 14.9 Å². The van der Waals surface area contributed by atoms with E-state index in [1.165, 1.54) is 0 Å². The van der Waals surface area contributed by atoms with Crippen molar-refractivity contribution in [3.05, 3.63) is 68.7 Å². The molecule has 0 saturated heterocycles. The Morgan fingerprint density at radius 3 is 2.59 bits per heavy atom. The van der Waals surface area contributed by atoms with Crippen molar-refractivity contribution in [2.24, 2.45) is 0 Å². The van der Waals surface area contributed by atoms with E-state index in [0.717, 1.165) is 11.1 Å². The van der Waals surface area contributed by atoms with E-state index in [4.69, 9.17) is 44.9 Å². The van der Waals surface area contributed by atoms with Crippen LogP contribution < -0.4 is 14.9 Å². The second kappa shape index (κ2) is 9.12. The molecule has 9 heteroatoms. The van der Waals surface area contributed by atoms with Crippen LogP contribution in [0, 0.1) is 4.77 Å². The fraction of sp³-hybridized carbons (Fsp3) is 0.222. The summed E-state index contributed by atoms with van der Waals surface area (Å²) in [5, 5.41) is 7.58. The molecule has 3 rings (SSSR count). The molecule has 0 aliphatic carbocycles. The van der Waals surface area contributed by atoms with Gasteiger partial charge in [-0.25, -0.2) is 4.68 Å². The first-order valence-corrected chi connectivity index (χ1v) is 9.41. The smallest absolute Gasteiger partial charge is 0.214 e. The minimum absolute atomic E-state index is 0.360. The number of hydrogen-bond acceptors (Lipinski definition) is 5. The van der Waals surface area contributed by atoms with Crippen LogP contribution in [0.4, 0.5) is 0 Å². The number of nitrogens with one attached hydrogen (secondary N) is 2. The lowest BCUT2D eigenvalue weighted by Crippen LogP contribution is -2.13. The molecule has 2 N–H and O–H groups in total. The molecule has 0 atom stereocenters. The largest absolute Gasteiger partial charge is 0.490 e. The molecule has 3 aromatic rings. The maximum atomic E-state index is 6.05. The van der Waals surface area contributed by atoms with Gasteiger partial charge in [-0.05, 0) is 54.5 Å². The molecule has 0 spiro atoms. The van der Waals surface area contributed by atoms with Crippen LogP contribution in [0.5, 0.6) is 11.5 Å². The summed E-state index contributed by atoms with van der Waals surface area (Å²) in [4.78, 5) is 0. The summed E-state index contributed by atoms with van der Waals surface area (Å²) in [5.74, 6) is 1.33. The number of rotatable bonds is 8. The van der Waals surface area contributed by atoms with Gasteiger partial charge in [0.15, 0.2) is 11.5 Å². The van der Waals surface area contributed by atoms with Crippen LogP contribution in [-0.2, 0) is 13.2 Å². The van der Waals surface area contributed by atoms with Gasteiger partial charge in [0, 0.05) is 0 Å². The molecule has 142 valence electrons. The predicted molar refractivity (Wildman–Crippen MR) is 109 cm³/mol. The maximum absolute atomic E-state index is 6.05. The van der Waals surface area contributed by atoms with E-state index in [9.17, 15) is 0 Å². The topological polar surface area (TPSA) is 64.1 Å². The molecule has 0 amide bonds. The lowest BCUT2D eigenvalue weighted by atomic mass is 10.2. The fourth-order valence-corrected chi connectivity index (χ4v) is 2.86. The van der Waals surface area contributed by atoms with Gasteiger partial charge in [-0.15, -0.1) is 0 Å². The lowest BCUT2D eigenvalue weighted by molar-refractivity contribution is 0.269. The Morgan fingerprint density at radius 2 is 1.89 bits per heavy atom. The number of aromatic nitrogens is 3. The third kappa shape index (κ3) is 5.15. The van der Waals surface area contributed by atoms with Crippen LogP contribution in [0.15, 0.2) is 42.7 Å². The zero-order valence-corrected chi connectivity index (χ0v) is 16.9. The summed E-state index contributed by atoms with van der Waals surface area (Å²) in [7, 11) is 0. The Hall–Kier alpha value is -2.22. The van der Waals surface area contributed by atoms with Gasteiger partial charge in [-0.1, -0.05) is 35.3 Å². The summed E-state index contributed by atoms with van der Waals surface area (Å²) in [6.07, 6.45) is 1.58. The highest BCUT2D eigenvalue weighted by atomic mass is 35.5. The molecule has 6 nitrogen and oxygen atoms in total. The van der Waals surface area contributed by atoms with Gasteiger partial charge in [-0.2, -0.15) is 5.10 Å². The number of benzene rings is 2. The molecule has 0 aliphatic heterocycles. The summed E-state index contributed by atoms with van der Waals surface area (Å²) in [6.45, 7) is 3.38. The van der Waals surface area contributed by atoms with Crippen molar-refractivity contribution in [2.45, 2.75) is 20.1 Å². The zero-order valence-electron chi connectivity index (χ0n) is 14.5. The Morgan fingerprint density at radius 1 is 1.07 bits per heavy atom. The van der Waals surface area contributed by atoms with Gasteiger partial charge >= 0.3 is 0 Å². The number of hydrogen-bond donors (Lipinski definition) is 2. The van der Waals surface area contributed by atoms with Crippen molar-refractivity contribution in [3.8, 4) is 11.5 Å². The number of ether oxygens (including phenoxy) is 2. The van der Waals surface area contributed by atoms with Gasteiger partial charge in [0.25, 0.3) is 0 Å². The summed E-state index contributed by atoms with van der Waals surface area (Å²) >= 11 is 17.1. The van der Waals surface area contributed by atoms with E-state index < -0.39 is 0 Å². The van der Waals surface area contributed by atoms with Gasteiger partial charge in [0.05, 0.1) is 23.2 Å². The molecule has 0 saturated carbocycles. The average Bonchev–Trinajstić information content (AvgIpc) is 3.07. The highest BCUT2D eigenvalue weighted by Gasteiger charge is 2.08. The van der Waals surface area contributed by atoms with Crippen LogP contribution in [0.1, 0.15) is 18.1 Å². The third-order valence-electron chi connectivity index (χ3n) is 3.69. The number of nitrogens with zero attached hydrogens (tertiary/aromatic N) is 2. The first kappa shape index (κ1) is 19.5. The highest BCUT2D eigenvalue weighted by molar-refractivity contribution is 7.71. The highest BCUT2D eigenvalue weighted by Crippen LogP contribution is 2.30. The van der Waals surface area contributed by atoms with E-state index >= 15 is 0 Å². The normalized spacial score (nSPS) is 10.6. The minimum Gasteiger partial charge on any atom is -0.490 e. The monoisotopic (exact) mass is 424 g/mol. The molecule has 1 heterocycles. The zero-order chi connectivity index (χ0) is 19.2. The quantitative estimate of drug-likeness (QED) is 0.499. The SMILES string of the molecule is CCOc1cc(CNn2cn[nH]c2=S)ccc1OCc1ccc(Cl)c(Cl)c1. The van der Waals surface area contributed by atoms with Crippen LogP contribution in [0.3, 0.4) is 0 Å². The molecule has 0 radical (unpaired) electrons. The van der Waals surface area contributed by atoms with Gasteiger partial charge in [-0.3, -0.25) is 5.10 Å². The van der Waals surface area contributed by atoms with Gasteiger partial charge in [0.1, 0.15) is 12.9 Å². The van der Waals surface area contributed by atoms with Crippen molar-refractivity contribution >= 4 is 35.4 Å². The molecule has 27 heavy (non-hydrogen) atoms. The Bertz CT molecular complexity index is 974. The minimum atomic E-state index is 0.360. The predicted octanol–water partition coefficient (Wildman–Crippen LogP) is 4.97. The maximum Gasteiger partial charge on any atom is 0.214 e. The second-order valence-electron chi connectivity index (χ2n) is 5.62. The van der Waals surface area contributed by atoms with E-state index in [1.807, 2.05) is 31.2 Å². The molecule has 2 aromatic carbocycles. The standard InChI is InChI=1S/C18H18Cl2N4O2S/c1-2-25-17-8-12(9-22-24-11-21-23-18(24)27)4-6-16(17)26-10-13-3-5-14(19)15(20)7-13/h3-8,11,22H,2,9-10H2,1H3,(H,23,27). The van der Waals surface area contributed by atoms with E-state index in [-0.39, 0.29) is 0 Å². The van der Waals surface area contributed by atoms with Gasteiger partial charge in [0.2, 0.25) is 4.77 Å². The summed E-state index contributed by atoms with van der Waals surface area (Å²) < 4.78 is 13.8. The van der Waals surface area contributed by atoms with Crippen LogP contribution in [0.2, 0.25) is 10.0 Å². The van der Waals surface area contributed by atoms with E-state index in [1.54, 1.807) is 23.1 Å². The molecule has 0 unspecified atom stereocenters. The second-order valence-corrected chi connectivity index (χ2v) is 6.82. The van der Waals surface area contributed by atoms with Crippen molar-refractivity contribution in [1.29, 1.82) is 0 Å². The third-order valence-corrected chi connectivity index (χ3v) is 4.72. The van der Waals surface area contributed by atoms with E-state index in [2.05, 4.69) is 15.6 Å². The molecular weight excluding hydrogens is 407 g/mol. The molecule has 1 aromatic heterocycles.